The van der Waals surface area contributed by atoms with Crippen molar-refractivity contribution in [2.45, 2.75) is 53.9 Å². The Kier molecular flexibility index (Phi) is 14.1. The van der Waals surface area contributed by atoms with Crippen molar-refractivity contribution < 1.29 is 24.1 Å². The van der Waals surface area contributed by atoms with Gasteiger partial charge in [-0.3, -0.25) is 14.2 Å². The van der Waals surface area contributed by atoms with E-state index in [1.807, 2.05) is 101 Å². The lowest BCUT2D eigenvalue weighted by atomic mass is 10.1. The lowest BCUT2D eigenvalue weighted by molar-refractivity contribution is -0.110. The third-order valence-corrected chi connectivity index (χ3v) is 9.92. The number of aliphatic hydroxyl groups excluding tert-OH is 1. The first-order chi connectivity index (χ1) is 28.6. The summed E-state index contributed by atoms with van der Waals surface area (Å²) in [5.74, 6) is 0.670. The molecule has 1 aromatic heterocycles. The predicted octanol–water partition coefficient (Wildman–Crippen LogP) is 8.16. The average Bonchev–Trinajstić information content (AvgIpc) is 3.24. The molecule has 0 aliphatic carbocycles. The number of anilines is 3. The van der Waals surface area contributed by atoms with Gasteiger partial charge < -0.3 is 34.9 Å². The number of carbonyl (C=O) groups excluding carboxylic acids is 1. The topological polar surface area (TPSA) is 140 Å². The van der Waals surface area contributed by atoms with E-state index in [4.69, 9.17) is 24.2 Å². The Hall–Kier alpha value is -6.50. The highest BCUT2D eigenvalue weighted by atomic mass is 16.7. The molecule has 12 nitrogen and oxygen atoms in total. The van der Waals surface area contributed by atoms with Crippen LogP contribution in [0.15, 0.2) is 119 Å². The van der Waals surface area contributed by atoms with E-state index in [0.29, 0.717) is 53.2 Å². The summed E-state index contributed by atoms with van der Waals surface area (Å²) in [4.78, 5) is 41.0. The van der Waals surface area contributed by atoms with Gasteiger partial charge in [0.15, 0.2) is 11.5 Å². The highest BCUT2D eigenvalue weighted by Gasteiger charge is 2.25. The second-order valence-corrected chi connectivity index (χ2v) is 14.1. The van der Waals surface area contributed by atoms with Crippen molar-refractivity contribution in [3.8, 4) is 11.5 Å². The number of amides is 1. The molecule has 3 N–H and O–H groups in total. The first-order valence-electron chi connectivity index (χ1n) is 19.8. The molecule has 12 heteroatoms. The minimum atomic E-state index is -0.604. The van der Waals surface area contributed by atoms with Crippen LogP contribution in [-0.4, -0.2) is 66.1 Å². The van der Waals surface area contributed by atoms with Crippen LogP contribution in [0.25, 0.3) is 10.9 Å². The largest absolute Gasteiger partial charge is 0.495 e. The van der Waals surface area contributed by atoms with Gasteiger partial charge in [-0.15, -0.1) is 0 Å². The molecule has 0 fully saturated rings. The lowest BCUT2D eigenvalue weighted by Gasteiger charge is -2.23. The average molecular weight is 797 g/mol. The molecule has 6 aromatic rings. The van der Waals surface area contributed by atoms with Gasteiger partial charge in [-0.2, -0.15) is 0 Å². The Bertz CT molecular complexity index is 2480. The Morgan fingerprint density at radius 2 is 1.66 bits per heavy atom. The number of methoxy groups -OCH3 is 1. The minimum absolute atomic E-state index is 0.0122. The van der Waals surface area contributed by atoms with Crippen molar-refractivity contribution in [2.75, 3.05) is 49.1 Å². The van der Waals surface area contributed by atoms with Crippen molar-refractivity contribution in [2.24, 2.45) is 4.99 Å². The van der Waals surface area contributed by atoms with Gasteiger partial charge >= 0.3 is 0 Å². The Balaban J connectivity index is 1.37. The molecule has 0 spiro atoms. The number of ether oxygens (including phenoxy) is 3. The SMILES string of the molecule is CCC(OCNc1ccc(OC)c(NC(=O)/C(=N\c2ccc(N(CC)CCO)cc2C)c2nc3ccccc3c(=O)n2Cc2ccccc2)c1)Oc1ccc(C)cc1C. The zero-order chi connectivity index (χ0) is 41.9. The molecule has 1 heterocycles. The van der Waals surface area contributed by atoms with Crippen LogP contribution in [0.1, 0.15) is 48.3 Å². The lowest BCUT2D eigenvalue weighted by Crippen LogP contribution is -2.34. The minimum Gasteiger partial charge on any atom is -0.495 e. The van der Waals surface area contributed by atoms with Crippen LogP contribution in [0.4, 0.5) is 22.7 Å². The van der Waals surface area contributed by atoms with E-state index in [0.717, 1.165) is 33.7 Å². The first-order valence-corrected chi connectivity index (χ1v) is 19.8. The zero-order valence-electron chi connectivity index (χ0n) is 34.5. The molecule has 0 saturated carbocycles. The van der Waals surface area contributed by atoms with Gasteiger partial charge in [-0.05, 0) is 99.0 Å². The molecule has 0 bridgehead atoms. The Morgan fingerprint density at radius 3 is 2.37 bits per heavy atom. The van der Waals surface area contributed by atoms with E-state index in [1.165, 1.54) is 11.7 Å². The van der Waals surface area contributed by atoms with Crippen LogP contribution in [-0.2, 0) is 16.1 Å². The summed E-state index contributed by atoms with van der Waals surface area (Å²) in [5.41, 5.74) is 6.33. The van der Waals surface area contributed by atoms with Crippen molar-refractivity contribution in [3.05, 3.63) is 148 Å². The smallest absolute Gasteiger partial charge is 0.278 e. The quantitative estimate of drug-likeness (QED) is 0.0581. The number of likely N-dealkylation sites (N-methyl/N-ethyl adjacent to an activating group) is 1. The molecule has 1 amide bonds. The fraction of sp³-hybridized carbons (Fsp3) is 0.277. The second-order valence-electron chi connectivity index (χ2n) is 14.1. The van der Waals surface area contributed by atoms with Crippen LogP contribution in [0.3, 0.4) is 0 Å². The van der Waals surface area contributed by atoms with E-state index in [1.54, 1.807) is 36.4 Å². The van der Waals surface area contributed by atoms with Gasteiger partial charge in [0.1, 0.15) is 18.2 Å². The van der Waals surface area contributed by atoms with E-state index in [-0.39, 0.29) is 37.0 Å². The third-order valence-electron chi connectivity index (χ3n) is 9.92. The van der Waals surface area contributed by atoms with Crippen LogP contribution < -0.4 is 30.6 Å². The van der Waals surface area contributed by atoms with Crippen LogP contribution in [0.5, 0.6) is 11.5 Å². The van der Waals surface area contributed by atoms with Crippen molar-refractivity contribution >= 4 is 45.3 Å². The molecule has 5 aromatic carbocycles. The summed E-state index contributed by atoms with van der Waals surface area (Å²) >= 11 is 0. The number of hydrogen-bond donors (Lipinski definition) is 3. The van der Waals surface area contributed by atoms with Gasteiger partial charge in [0, 0.05) is 30.9 Å². The summed E-state index contributed by atoms with van der Waals surface area (Å²) in [5, 5.41) is 16.3. The van der Waals surface area contributed by atoms with Gasteiger partial charge in [0.2, 0.25) is 6.29 Å². The van der Waals surface area contributed by atoms with Crippen LogP contribution >= 0.6 is 0 Å². The fourth-order valence-electron chi connectivity index (χ4n) is 6.76. The van der Waals surface area contributed by atoms with Crippen molar-refractivity contribution in [1.29, 1.82) is 0 Å². The number of aliphatic hydroxyl groups is 1. The normalized spacial score (nSPS) is 11.9. The molecule has 1 atom stereocenters. The predicted molar refractivity (Wildman–Crippen MR) is 236 cm³/mol. The number of nitrogens with zero attached hydrogens (tertiary/aromatic N) is 4. The number of aliphatic imine (C=N–C) groups is 1. The Morgan fingerprint density at radius 1 is 0.898 bits per heavy atom. The number of nitrogens with one attached hydrogen (secondary N) is 2. The molecule has 59 heavy (non-hydrogen) atoms. The van der Waals surface area contributed by atoms with Gasteiger partial charge in [0.25, 0.3) is 11.5 Å². The summed E-state index contributed by atoms with van der Waals surface area (Å²) in [6.07, 6.45) is 0.140. The summed E-state index contributed by atoms with van der Waals surface area (Å²) < 4.78 is 19.4. The zero-order valence-corrected chi connectivity index (χ0v) is 34.5. The third kappa shape index (κ3) is 10.3. The second kappa shape index (κ2) is 19.8. The van der Waals surface area contributed by atoms with E-state index in [2.05, 4.69) is 21.6 Å². The van der Waals surface area contributed by atoms with Crippen LogP contribution in [0.2, 0.25) is 0 Å². The Labute approximate surface area is 345 Å². The number of benzene rings is 5. The number of fused-ring (bicyclic) bond motifs is 1. The monoisotopic (exact) mass is 796 g/mol. The molecular formula is C47H52N6O6. The maximum atomic E-state index is 14.8. The van der Waals surface area contributed by atoms with Crippen molar-refractivity contribution in [3.63, 3.8) is 0 Å². The molecule has 0 saturated heterocycles. The van der Waals surface area contributed by atoms with E-state index < -0.39 is 12.2 Å². The maximum absolute atomic E-state index is 14.8. The number of para-hydroxylation sites is 1. The molecule has 6 rings (SSSR count). The summed E-state index contributed by atoms with van der Waals surface area (Å²) in [6, 6.07) is 33.7. The molecule has 0 radical (unpaired) electrons. The van der Waals surface area contributed by atoms with E-state index in [9.17, 15) is 14.7 Å². The molecular weight excluding hydrogens is 745 g/mol. The molecule has 0 aliphatic heterocycles. The van der Waals surface area contributed by atoms with Crippen LogP contribution in [0, 0.1) is 20.8 Å². The standard InChI is InChI=1S/C47H52N6O6/c1-7-43(59-41-22-18-31(3)26-33(41)5)58-30-48-35-19-23-42(57-6)40(28-35)51-46(55)44(49-38-21-20-36(27-32(38)4)52(8-2)24-25-54)45-50-39-17-13-12-16-37(39)47(56)53(45)29-34-14-10-9-11-15-34/h9-23,26-28,43,48,54H,7-8,24-25,29-30H2,1-6H3,(H,51,55)/b49-44-. The maximum Gasteiger partial charge on any atom is 0.278 e. The fourth-order valence-corrected chi connectivity index (χ4v) is 6.76. The number of rotatable bonds is 18. The summed E-state index contributed by atoms with van der Waals surface area (Å²) in [7, 11) is 1.52. The van der Waals surface area contributed by atoms with Gasteiger partial charge in [-0.25, -0.2) is 9.98 Å². The highest BCUT2D eigenvalue weighted by Crippen LogP contribution is 2.30. The first kappa shape index (κ1) is 42.1. The number of aryl methyl sites for hydroxylation is 3. The molecule has 1 unspecified atom stereocenters. The van der Waals surface area contributed by atoms with Gasteiger partial charge in [-0.1, -0.05) is 67.1 Å². The number of carbonyl (C=O) groups is 1. The van der Waals surface area contributed by atoms with Crippen molar-refractivity contribution in [1.82, 2.24) is 9.55 Å². The number of aromatic nitrogens is 2. The number of hydrogen-bond acceptors (Lipinski definition) is 10. The van der Waals surface area contributed by atoms with Gasteiger partial charge in [0.05, 0.1) is 42.5 Å². The molecule has 306 valence electrons. The summed E-state index contributed by atoms with van der Waals surface area (Å²) in [6.45, 7) is 11.4. The molecule has 0 aliphatic rings. The highest BCUT2D eigenvalue weighted by molar-refractivity contribution is 6.48. The van der Waals surface area contributed by atoms with E-state index >= 15 is 0 Å².